The molecule has 2 rings (SSSR count). The molecular formula is C11H8Br2O. The molecular weight excluding hydrogens is 308 g/mol. The molecule has 0 radical (unpaired) electrons. The van der Waals surface area contributed by atoms with Crippen molar-refractivity contribution in [3.63, 3.8) is 0 Å². The summed E-state index contributed by atoms with van der Waals surface area (Å²) in [6, 6.07) is 9.99. The lowest BCUT2D eigenvalue weighted by molar-refractivity contribution is 0.548. The highest BCUT2D eigenvalue weighted by Gasteiger charge is 2.04. The number of rotatable bonds is 1. The Labute approximate surface area is 99.4 Å². The smallest absolute Gasteiger partial charge is 0.134 e. The van der Waals surface area contributed by atoms with Crippen LogP contribution in [0.25, 0.3) is 11.3 Å². The topological polar surface area (TPSA) is 13.1 Å². The number of halogens is 2. The Hall–Kier alpha value is -0.540. The molecule has 0 aliphatic rings. The number of benzene rings is 1. The van der Waals surface area contributed by atoms with Crippen LogP contribution in [0.4, 0.5) is 0 Å². The van der Waals surface area contributed by atoms with E-state index in [1.807, 2.05) is 37.3 Å². The number of furan rings is 1. The molecule has 1 aromatic carbocycles. The van der Waals surface area contributed by atoms with E-state index in [0.29, 0.717) is 0 Å². The molecule has 0 aliphatic heterocycles. The van der Waals surface area contributed by atoms with E-state index in [2.05, 4.69) is 31.9 Å². The van der Waals surface area contributed by atoms with Crippen molar-refractivity contribution in [2.45, 2.75) is 6.92 Å². The normalized spacial score (nSPS) is 10.5. The molecule has 0 N–H and O–H groups in total. The first-order valence-corrected chi connectivity index (χ1v) is 5.77. The van der Waals surface area contributed by atoms with Gasteiger partial charge in [-0.3, -0.25) is 0 Å². The van der Waals surface area contributed by atoms with Gasteiger partial charge >= 0.3 is 0 Å². The van der Waals surface area contributed by atoms with E-state index in [0.717, 1.165) is 26.0 Å². The Morgan fingerprint density at radius 1 is 1.00 bits per heavy atom. The maximum Gasteiger partial charge on any atom is 0.134 e. The van der Waals surface area contributed by atoms with Crippen molar-refractivity contribution in [3.05, 3.63) is 45.0 Å². The minimum absolute atomic E-state index is 0.899. The van der Waals surface area contributed by atoms with E-state index in [9.17, 15) is 0 Å². The van der Waals surface area contributed by atoms with Gasteiger partial charge < -0.3 is 4.42 Å². The fraction of sp³-hybridized carbons (Fsp3) is 0.0909. The van der Waals surface area contributed by atoms with Gasteiger partial charge in [-0.05, 0) is 63.0 Å². The zero-order chi connectivity index (χ0) is 10.1. The fourth-order valence-electron chi connectivity index (χ4n) is 1.24. The summed E-state index contributed by atoms with van der Waals surface area (Å²) in [5, 5.41) is 0. The molecule has 0 aliphatic carbocycles. The predicted molar refractivity (Wildman–Crippen MR) is 64.3 cm³/mol. The minimum atomic E-state index is 0.899. The molecule has 14 heavy (non-hydrogen) atoms. The van der Waals surface area contributed by atoms with Crippen LogP contribution in [-0.2, 0) is 0 Å². The van der Waals surface area contributed by atoms with E-state index < -0.39 is 0 Å². The van der Waals surface area contributed by atoms with Gasteiger partial charge in [0.2, 0.25) is 0 Å². The van der Waals surface area contributed by atoms with Crippen LogP contribution >= 0.6 is 31.9 Å². The molecule has 0 atom stereocenters. The molecule has 1 aromatic heterocycles. The number of hydrogen-bond donors (Lipinski definition) is 0. The van der Waals surface area contributed by atoms with Gasteiger partial charge in [0.05, 0.1) is 0 Å². The van der Waals surface area contributed by atoms with Crippen LogP contribution in [0.15, 0.2) is 43.7 Å². The summed E-state index contributed by atoms with van der Waals surface area (Å²) in [4.78, 5) is 0. The zero-order valence-electron chi connectivity index (χ0n) is 7.55. The highest BCUT2D eigenvalue weighted by molar-refractivity contribution is 9.13. The Morgan fingerprint density at radius 3 is 2.36 bits per heavy atom. The van der Waals surface area contributed by atoms with Gasteiger partial charge in [0.1, 0.15) is 11.5 Å². The first-order chi connectivity index (χ1) is 6.66. The Kier molecular flexibility index (Phi) is 2.79. The van der Waals surface area contributed by atoms with Crippen molar-refractivity contribution in [2.75, 3.05) is 0 Å². The maximum absolute atomic E-state index is 5.53. The Morgan fingerprint density at radius 2 is 1.79 bits per heavy atom. The molecule has 2 aromatic rings. The maximum atomic E-state index is 5.53. The van der Waals surface area contributed by atoms with Crippen LogP contribution in [0.5, 0.6) is 0 Å². The largest absolute Gasteiger partial charge is 0.461 e. The van der Waals surface area contributed by atoms with Crippen LogP contribution in [0.2, 0.25) is 0 Å². The van der Waals surface area contributed by atoms with Crippen molar-refractivity contribution in [2.24, 2.45) is 0 Å². The third-order valence-electron chi connectivity index (χ3n) is 1.94. The van der Waals surface area contributed by atoms with Crippen LogP contribution in [0.1, 0.15) is 5.76 Å². The van der Waals surface area contributed by atoms with Crippen molar-refractivity contribution in [3.8, 4) is 11.3 Å². The van der Waals surface area contributed by atoms with E-state index in [4.69, 9.17) is 4.42 Å². The SMILES string of the molecule is Cc1ccc(-c2ccc(Br)c(Br)c2)o1. The molecule has 0 amide bonds. The van der Waals surface area contributed by atoms with E-state index in [1.54, 1.807) is 0 Å². The van der Waals surface area contributed by atoms with Gasteiger partial charge in [-0.1, -0.05) is 6.07 Å². The van der Waals surface area contributed by atoms with Crippen molar-refractivity contribution in [1.82, 2.24) is 0 Å². The van der Waals surface area contributed by atoms with E-state index in [-0.39, 0.29) is 0 Å². The second kappa shape index (κ2) is 3.91. The molecule has 0 fully saturated rings. The molecule has 0 spiro atoms. The van der Waals surface area contributed by atoms with Crippen LogP contribution in [0.3, 0.4) is 0 Å². The molecule has 0 bridgehead atoms. The molecule has 0 saturated heterocycles. The monoisotopic (exact) mass is 314 g/mol. The molecule has 72 valence electrons. The Bertz CT molecular complexity index is 460. The second-order valence-electron chi connectivity index (χ2n) is 3.04. The van der Waals surface area contributed by atoms with Gasteiger partial charge in [0.15, 0.2) is 0 Å². The standard InChI is InChI=1S/C11H8Br2O/c1-7-2-5-11(14-7)8-3-4-9(12)10(13)6-8/h2-6H,1H3. The number of aryl methyl sites for hydroxylation is 1. The van der Waals surface area contributed by atoms with Crippen LogP contribution in [0, 0.1) is 6.92 Å². The third-order valence-corrected chi connectivity index (χ3v) is 3.82. The van der Waals surface area contributed by atoms with E-state index >= 15 is 0 Å². The molecule has 0 saturated carbocycles. The Balaban J connectivity index is 2.47. The highest BCUT2D eigenvalue weighted by Crippen LogP contribution is 2.29. The lowest BCUT2D eigenvalue weighted by Crippen LogP contribution is -1.75. The summed E-state index contributed by atoms with van der Waals surface area (Å²) < 4.78 is 7.61. The van der Waals surface area contributed by atoms with Gasteiger partial charge in [0.25, 0.3) is 0 Å². The predicted octanol–water partition coefficient (Wildman–Crippen LogP) is 4.78. The average molecular weight is 316 g/mol. The summed E-state index contributed by atoms with van der Waals surface area (Å²) in [7, 11) is 0. The van der Waals surface area contributed by atoms with Crippen molar-refractivity contribution < 1.29 is 4.42 Å². The molecule has 1 nitrogen and oxygen atoms in total. The van der Waals surface area contributed by atoms with Gasteiger partial charge in [-0.25, -0.2) is 0 Å². The highest BCUT2D eigenvalue weighted by atomic mass is 79.9. The van der Waals surface area contributed by atoms with Gasteiger partial charge in [0, 0.05) is 14.5 Å². The van der Waals surface area contributed by atoms with Gasteiger partial charge in [-0.15, -0.1) is 0 Å². The lowest BCUT2D eigenvalue weighted by Gasteiger charge is -1.99. The summed E-state index contributed by atoms with van der Waals surface area (Å²) in [5.74, 6) is 1.83. The molecule has 3 heteroatoms. The van der Waals surface area contributed by atoms with Crippen LogP contribution < -0.4 is 0 Å². The third kappa shape index (κ3) is 1.93. The van der Waals surface area contributed by atoms with Crippen molar-refractivity contribution >= 4 is 31.9 Å². The molecule has 0 unspecified atom stereocenters. The second-order valence-corrected chi connectivity index (χ2v) is 4.75. The number of hydrogen-bond acceptors (Lipinski definition) is 1. The first kappa shape index (κ1) is 9.99. The van der Waals surface area contributed by atoms with Gasteiger partial charge in [-0.2, -0.15) is 0 Å². The minimum Gasteiger partial charge on any atom is -0.461 e. The zero-order valence-corrected chi connectivity index (χ0v) is 10.7. The summed E-state index contributed by atoms with van der Waals surface area (Å²) in [5.41, 5.74) is 1.08. The lowest BCUT2D eigenvalue weighted by atomic mass is 10.2. The summed E-state index contributed by atoms with van der Waals surface area (Å²) in [6.07, 6.45) is 0. The molecule has 1 heterocycles. The first-order valence-electron chi connectivity index (χ1n) is 4.18. The van der Waals surface area contributed by atoms with Crippen LogP contribution in [-0.4, -0.2) is 0 Å². The van der Waals surface area contributed by atoms with Crippen molar-refractivity contribution in [1.29, 1.82) is 0 Å². The quantitative estimate of drug-likeness (QED) is 0.738. The summed E-state index contributed by atoms with van der Waals surface area (Å²) in [6.45, 7) is 1.94. The summed E-state index contributed by atoms with van der Waals surface area (Å²) >= 11 is 6.89. The fourth-order valence-corrected chi connectivity index (χ4v) is 1.86. The van der Waals surface area contributed by atoms with E-state index in [1.165, 1.54) is 0 Å². The average Bonchev–Trinajstić information content (AvgIpc) is 2.57.